The van der Waals surface area contributed by atoms with Crippen LogP contribution in [-0.2, 0) is 9.84 Å². The second-order valence-electron chi connectivity index (χ2n) is 4.62. The molecule has 1 aliphatic heterocycles. The molecule has 108 valence electrons. The lowest BCUT2D eigenvalue weighted by molar-refractivity contribution is -0.545. The number of benzene rings is 1. The minimum atomic E-state index is -4.35. The number of hydrogen-bond acceptors (Lipinski definition) is 7. The number of nitro groups is 1. The maximum Gasteiger partial charge on any atom is 0.495 e. The lowest BCUT2D eigenvalue weighted by Gasteiger charge is -2.19. The van der Waals surface area contributed by atoms with E-state index in [2.05, 4.69) is 15.8 Å². The van der Waals surface area contributed by atoms with E-state index in [1.54, 1.807) is 26.0 Å². The minimum Gasteiger partial charge on any atom is -0.304 e. The number of nitrogens with zero attached hydrogens (tertiary/aromatic N) is 2. The van der Waals surface area contributed by atoms with Crippen molar-refractivity contribution in [2.24, 2.45) is 4.99 Å². The Hall–Kier alpha value is -2.00. The van der Waals surface area contributed by atoms with Gasteiger partial charge < -0.3 is 5.43 Å². The standard InChI is InChI=1S/C11H14N4O4S/c1-7-4-8(2)10(9(3)5-7)20(18,19)11(15(16)17)12-6-13-14-11/h4-6,14H,1-3H3,(H,12,13). The molecule has 2 rings (SSSR count). The lowest BCUT2D eigenvalue weighted by atomic mass is 10.1. The van der Waals surface area contributed by atoms with Gasteiger partial charge in [-0.15, -0.1) is 5.43 Å². The maximum absolute atomic E-state index is 12.7. The number of rotatable bonds is 3. The van der Waals surface area contributed by atoms with Gasteiger partial charge in [0.05, 0.1) is 9.82 Å². The van der Waals surface area contributed by atoms with Crippen LogP contribution in [0.2, 0.25) is 0 Å². The SMILES string of the molecule is Cc1cc(C)c(S(=O)(=O)C2([N+](=O)[O-])N=CNN2)c(C)c1. The van der Waals surface area contributed by atoms with Crippen LogP contribution < -0.4 is 10.9 Å². The van der Waals surface area contributed by atoms with Crippen molar-refractivity contribution in [1.82, 2.24) is 10.9 Å². The molecule has 9 heteroatoms. The van der Waals surface area contributed by atoms with E-state index in [4.69, 9.17) is 0 Å². The first-order valence-electron chi connectivity index (χ1n) is 5.76. The quantitative estimate of drug-likeness (QED) is 0.617. The Bertz CT molecular complexity index is 690. The highest BCUT2D eigenvalue weighted by Crippen LogP contribution is 2.31. The van der Waals surface area contributed by atoms with Crippen molar-refractivity contribution in [3.05, 3.63) is 38.9 Å². The van der Waals surface area contributed by atoms with Crippen LogP contribution in [0, 0.1) is 30.9 Å². The molecular weight excluding hydrogens is 284 g/mol. The molecule has 1 atom stereocenters. The van der Waals surface area contributed by atoms with Gasteiger partial charge in [-0.1, -0.05) is 17.7 Å². The van der Waals surface area contributed by atoms with E-state index in [1.807, 2.05) is 6.92 Å². The molecule has 1 aliphatic rings. The van der Waals surface area contributed by atoms with Gasteiger partial charge in [-0.05, 0) is 31.9 Å². The van der Waals surface area contributed by atoms with Crippen LogP contribution in [0.15, 0.2) is 22.0 Å². The smallest absolute Gasteiger partial charge is 0.304 e. The van der Waals surface area contributed by atoms with Crippen molar-refractivity contribution in [1.29, 1.82) is 0 Å². The molecule has 0 saturated heterocycles. The second-order valence-corrected chi connectivity index (χ2v) is 6.61. The normalized spacial score (nSPS) is 21.8. The Morgan fingerprint density at radius 3 is 2.20 bits per heavy atom. The van der Waals surface area contributed by atoms with Crippen molar-refractivity contribution in [3.63, 3.8) is 0 Å². The van der Waals surface area contributed by atoms with Crippen molar-refractivity contribution >= 4 is 16.2 Å². The predicted octanol–water partition coefficient (Wildman–Crippen LogP) is 0.410. The van der Waals surface area contributed by atoms with Crippen LogP contribution in [0.4, 0.5) is 0 Å². The van der Waals surface area contributed by atoms with Crippen molar-refractivity contribution < 1.29 is 13.3 Å². The number of hydrazine groups is 1. The summed E-state index contributed by atoms with van der Waals surface area (Å²) in [6, 6.07) is 3.33. The summed E-state index contributed by atoms with van der Waals surface area (Å²) in [5.41, 5.74) is 6.16. The summed E-state index contributed by atoms with van der Waals surface area (Å²) in [6.07, 6.45) is 0.958. The van der Waals surface area contributed by atoms with Crippen LogP contribution in [0.25, 0.3) is 0 Å². The monoisotopic (exact) mass is 298 g/mol. The van der Waals surface area contributed by atoms with Gasteiger partial charge in [0.1, 0.15) is 6.34 Å². The zero-order valence-electron chi connectivity index (χ0n) is 11.2. The van der Waals surface area contributed by atoms with Crippen molar-refractivity contribution in [2.75, 3.05) is 0 Å². The third-order valence-electron chi connectivity index (χ3n) is 3.03. The molecular formula is C11H14N4O4S. The first-order valence-corrected chi connectivity index (χ1v) is 7.24. The highest BCUT2D eigenvalue weighted by Gasteiger charge is 2.60. The number of nitrogens with one attached hydrogen (secondary N) is 2. The highest BCUT2D eigenvalue weighted by atomic mass is 32.2. The van der Waals surface area contributed by atoms with E-state index in [0.717, 1.165) is 11.9 Å². The first-order chi connectivity index (χ1) is 9.22. The molecule has 0 radical (unpaired) electrons. The average molecular weight is 298 g/mol. The zero-order valence-corrected chi connectivity index (χ0v) is 12.0. The molecule has 1 aromatic rings. The van der Waals surface area contributed by atoms with Gasteiger partial charge in [-0.25, -0.2) is 8.42 Å². The van der Waals surface area contributed by atoms with Crippen LogP contribution >= 0.6 is 0 Å². The summed E-state index contributed by atoms with van der Waals surface area (Å²) in [4.78, 5) is 13.7. The fraction of sp³-hybridized carbons (Fsp3) is 0.364. The summed E-state index contributed by atoms with van der Waals surface area (Å²) in [6.45, 7) is 5.03. The molecule has 0 bridgehead atoms. The van der Waals surface area contributed by atoms with E-state index >= 15 is 0 Å². The molecule has 0 fully saturated rings. The minimum absolute atomic E-state index is 0.0758. The number of hydrogen-bond donors (Lipinski definition) is 2. The zero-order chi connectivity index (χ0) is 15.1. The number of sulfone groups is 1. The Morgan fingerprint density at radius 1 is 1.25 bits per heavy atom. The molecule has 2 N–H and O–H groups in total. The molecule has 1 aromatic carbocycles. The predicted molar refractivity (Wildman–Crippen MR) is 72.3 cm³/mol. The average Bonchev–Trinajstić information content (AvgIpc) is 2.76. The maximum atomic E-state index is 12.7. The molecule has 0 aliphatic carbocycles. The van der Waals surface area contributed by atoms with E-state index in [-0.39, 0.29) is 4.90 Å². The van der Waals surface area contributed by atoms with Gasteiger partial charge in [-0.2, -0.15) is 4.99 Å². The van der Waals surface area contributed by atoms with Gasteiger partial charge in [0.25, 0.3) is 9.84 Å². The summed E-state index contributed by atoms with van der Waals surface area (Å²) >= 11 is 0. The molecule has 1 unspecified atom stereocenters. The topological polar surface area (TPSA) is 114 Å². The number of aryl methyl sites for hydroxylation is 3. The van der Waals surface area contributed by atoms with E-state index in [1.165, 1.54) is 0 Å². The van der Waals surface area contributed by atoms with Crippen LogP contribution in [0.1, 0.15) is 16.7 Å². The third-order valence-corrected chi connectivity index (χ3v) is 5.32. The van der Waals surface area contributed by atoms with Gasteiger partial charge in [0.2, 0.25) is 0 Å². The molecule has 0 amide bonds. The van der Waals surface area contributed by atoms with Gasteiger partial charge >= 0.3 is 5.12 Å². The molecule has 0 saturated carbocycles. The van der Waals surface area contributed by atoms with Crippen molar-refractivity contribution in [3.8, 4) is 0 Å². The molecule has 0 aromatic heterocycles. The van der Waals surface area contributed by atoms with Crippen LogP contribution in [0.3, 0.4) is 0 Å². The Balaban J connectivity index is 2.74. The van der Waals surface area contributed by atoms with Gasteiger partial charge in [-0.3, -0.25) is 10.1 Å². The summed E-state index contributed by atoms with van der Waals surface area (Å²) in [5.74, 6) is 0. The van der Waals surface area contributed by atoms with Crippen LogP contribution in [0.5, 0.6) is 0 Å². The fourth-order valence-electron chi connectivity index (χ4n) is 2.34. The van der Waals surface area contributed by atoms with Crippen molar-refractivity contribution in [2.45, 2.75) is 30.8 Å². The highest BCUT2D eigenvalue weighted by molar-refractivity contribution is 7.92. The largest absolute Gasteiger partial charge is 0.495 e. The second kappa shape index (κ2) is 4.53. The first kappa shape index (κ1) is 14.4. The Labute approximate surface area is 115 Å². The lowest BCUT2D eigenvalue weighted by Crippen LogP contribution is -2.56. The van der Waals surface area contributed by atoms with E-state index < -0.39 is 19.9 Å². The molecule has 0 spiro atoms. The summed E-state index contributed by atoms with van der Waals surface area (Å²) < 4.78 is 25.4. The third kappa shape index (κ3) is 1.86. The van der Waals surface area contributed by atoms with Gasteiger partial charge in [0.15, 0.2) is 0 Å². The van der Waals surface area contributed by atoms with E-state index in [9.17, 15) is 18.5 Å². The van der Waals surface area contributed by atoms with Gasteiger partial charge in [0, 0.05) is 0 Å². The summed E-state index contributed by atoms with van der Waals surface area (Å²) in [7, 11) is -4.35. The molecule has 8 nitrogen and oxygen atoms in total. The fourth-order valence-corrected chi connectivity index (χ4v) is 4.17. The Morgan fingerprint density at radius 2 is 1.80 bits per heavy atom. The molecule has 20 heavy (non-hydrogen) atoms. The van der Waals surface area contributed by atoms with E-state index in [0.29, 0.717) is 11.1 Å². The number of aliphatic imine (C=N–C) groups is 1. The molecule has 1 heterocycles. The van der Waals surface area contributed by atoms with Crippen LogP contribution in [-0.4, -0.2) is 24.8 Å². The summed E-state index contributed by atoms with van der Waals surface area (Å²) in [5, 5.41) is 8.62. The Kier molecular flexibility index (Phi) is 3.26.